The van der Waals surface area contributed by atoms with Crippen molar-refractivity contribution in [1.29, 1.82) is 0 Å². The first-order valence-corrected chi connectivity index (χ1v) is 3.55. The average molecular weight is 157 g/mol. The fourth-order valence-corrected chi connectivity index (χ4v) is 1.21. The number of aromatic nitrogens is 1. The first-order valence-electron chi connectivity index (χ1n) is 3.55. The second kappa shape index (κ2) is 2.28. The van der Waals surface area contributed by atoms with Crippen LogP contribution in [0.15, 0.2) is 24.4 Å². The monoisotopic (exact) mass is 157 g/mol. The Morgan fingerprint density at radius 1 is 1.42 bits per heavy atom. The summed E-state index contributed by atoms with van der Waals surface area (Å²) in [5.74, 6) is 0. The first-order chi connectivity index (χ1) is 5.81. The number of hydrogen-bond acceptors (Lipinski definition) is 1. The van der Waals surface area contributed by atoms with Crippen molar-refractivity contribution in [2.45, 2.75) is 0 Å². The van der Waals surface area contributed by atoms with Crippen LogP contribution in [-0.2, 0) is 0 Å². The lowest BCUT2D eigenvalue weighted by Gasteiger charge is -1.91. The molecule has 0 fully saturated rings. The first kappa shape index (κ1) is 6.74. The van der Waals surface area contributed by atoms with Crippen LogP contribution in [0.25, 0.3) is 15.7 Å². The lowest BCUT2D eigenvalue weighted by Crippen LogP contribution is -1.78. The molecular formula is C9H7N3. The Labute approximate surface area is 69.6 Å². The summed E-state index contributed by atoms with van der Waals surface area (Å²) in [6.07, 6.45) is 1.73. The molecule has 0 radical (unpaired) electrons. The molecule has 1 aromatic heterocycles. The molecule has 0 spiro atoms. The predicted octanol–water partition coefficient (Wildman–Crippen LogP) is 2.30. The fourth-order valence-electron chi connectivity index (χ4n) is 1.21. The molecule has 0 bridgehead atoms. The van der Waals surface area contributed by atoms with Gasteiger partial charge in [-0.1, -0.05) is 12.1 Å². The van der Waals surface area contributed by atoms with Gasteiger partial charge in [0, 0.05) is 17.1 Å². The second-order valence-corrected chi connectivity index (χ2v) is 2.59. The molecule has 0 saturated heterocycles. The van der Waals surface area contributed by atoms with Crippen molar-refractivity contribution >= 4 is 22.3 Å². The highest BCUT2D eigenvalue weighted by Gasteiger charge is 1.99. The van der Waals surface area contributed by atoms with Crippen molar-refractivity contribution in [3.8, 4) is 0 Å². The minimum absolute atomic E-state index is 0.629. The molecule has 12 heavy (non-hydrogen) atoms. The van der Waals surface area contributed by atoms with Crippen LogP contribution in [0.1, 0.15) is 0 Å². The molecule has 3 N–H and O–H groups in total. The van der Waals surface area contributed by atoms with Gasteiger partial charge in [0.1, 0.15) is 0 Å². The van der Waals surface area contributed by atoms with Crippen LogP contribution in [0.4, 0.5) is 11.4 Å². The SMILES string of the molecule is [C-]#[N+]c1ccc2c(N)c[nH]c2c1. The molecule has 2 aromatic rings. The Morgan fingerprint density at radius 2 is 2.25 bits per heavy atom. The predicted molar refractivity (Wildman–Crippen MR) is 49.0 cm³/mol. The van der Waals surface area contributed by atoms with Crippen molar-refractivity contribution in [2.75, 3.05) is 5.73 Å². The molecule has 2 rings (SSSR count). The van der Waals surface area contributed by atoms with Gasteiger partial charge in [0.25, 0.3) is 0 Å². The van der Waals surface area contributed by atoms with Crippen molar-refractivity contribution in [1.82, 2.24) is 4.98 Å². The van der Waals surface area contributed by atoms with E-state index in [1.807, 2.05) is 6.07 Å². The van der Waals surface area contributed by atoms with Crippen LogP contribution in [0.3, 0.4) is 0 Å². The third-order valence-corrected chi connectivity index (χ3v) is 1.83. The standard InChI is InChI=1S/C9H7N3/c1-11-6-2-3-7-8(10)5-12-9(7)4-6/h2-5,12H,10H2. The van der Waals surface area contributed by atoms with E-state index in [-0.39, 0.29) is 0 Å². The molecule has 0 amide bonds. The molecule has 0 atom stereocenters. The van der Waals surface area contributed by atoms with Crippen LogP contribution in [0.5, 0.6) is 0 Å². The number of nitrogens with two attached hydrogens (primary N) is 1. The zero-order valence-electron chi connectivity index (χ0n) is 6.33. The van der Waals surface area contributed by atoms with Crippen molar-refractivity contribution < 1.29 is 0 Å². The van der Waals surface area contributed by atoms with Gasteiger partial charge in [0.2, 0.25) is 0 Å². The maximum Gasteiger partial charge on any atom is 0.189 e. The highest BCUT2D eigenvalue weighted by molar-refractivity contribution is 5.93. The molecule has 1 heterocycles. The number of rotatable bonds is 0. The summed E-state index contributed by atoms with van der Waals surface area (Å²) in [5.41, 5.74) is 7.93. The van der Waals surface area contributed by atoms with Crippen molar-refractivity contribution in [3.63, 3.8) is 0 Å². The highest BCUT2D eigenvalue weighted by atomic mass is 14.7. The van der Waals surface area contributed by atoms with Crippen LogP contribution in [0, 0.1) is 6.57 Å². The molecule has 3 nitrogen and oxygen atoms in total. The largest absolute Gasteiger partial charge is 0.397 e. The van der Waals surface area contributed by atoms with E-state index in [0.717, 1.165) is 16.6 Å². The number of anilines is 1. The number of aromatic amines is 1. The normalized spacial score (nSPS) is 9.92. The van der Waals surface area contributed by atoms with Crippen LogP contribution >= 0.6 is 0 Å². The quantitative estimate of drug-likeness (QED) is 0.566. The Kier molecular flexibility index (Phi) is 1.28. The van der Waals surface area contributed by atoms with Gasteiger partial charge in [-0.25, -0.2) is 4.85 Å². The van der Waals surface area contributed by atoms with Crippen LogP contribution < -0.4 is 5.73 Å². The number of benzene rings is 1. The average Bonchev–Trinajstić information content (AvgIpc) is 2.47. The van der Waals surface area contributed by atoms with Gasteiger partial charge in [-0.05, 0) is 6.07 Å². The summed E-state index contributed by atoms with van der Waals surface area (Å²) in [5, 5.41) is 0.974. The summed E-state index contributed by atoms with van der Waals surface area (Å²) in [4.78, 5) is 6.31. The van der Waals surface area contributed by atoms with E-state index < -0.39 is 0 Å². The van der Waals surface area contributed by atoms with Crippen LogP contribution in [0.2, 0.25) is 0 Å². The number of H-pyrrole nitrogens is 1. The van der Waals surface area contributed by atoms with Gasteiger partial charge in [0.05, 0.1) is 12.3 Å². The Balaban J connectivity index is 2.80. The van der Waals surface area contributed by atoms with E-state index in [9.17, 15) is 0 Å². The van der Waals surface area contributed by atoms with Crippen LogP contribution in [-0.4, -0.2) is 4.98 Å². The minimum atomic E-state index is 0.629. The van der Waals surface area contributed by atoms with E-state index in [0.29, 0.717) is 5.69 Å². The molecule has 0 aliphatic rings. The number of nitrogen functional groups attached to an aromatic ring is 1. The van der Waals surface area contributed by atoms with E-state index >= 15 is 0 Å². The van der Waals surface area contributed by atoms with E-state index in [1.54, 1.807) is 18.3 Å². The molecule has 58 valence electrons. The Hall–Kier alpha value is -1.95. The van der Waals surface area contributed by atoms with E-state index in [2.05, 4.69) is 9.83 Å². The molecule has 0 saturated carbocycles. The summed E-state index contributed by atoms with van der Waals surface area (Å²) in [7, 11) is 0. The van der Waals surface area contributed by atoms with Gasteiger partial charge in [-0.15, -0.1) is 0 Å². The molecule has 0 aliphatic heterocycles. The van der Waals surface area contributed by atoms with Crippen molar-refractivity contribution in [2.24, 2.45) is 0 Å². The highest BCUT2D eigenvalue weighted by Crippen LogP contribution is 2.24. The lowest BCUT2D eigenvalue weighted by atomic mass is 10.2. The maximum atomic E-state index is 6.81. The summed E-state index contributed by atoms with van der Waals surface area (Å²) >= 11 is 0. The number of hydrogen-bond donors (Lipinski definition) is 2. The van der Waals surface area contributed by atoms with Crippen molar-refractivity contribution in [3.05, 3.63) is 35.8 Å². The lowest BCUT2D eigenvalue weighted by molar-refractivity contribution is 1.48. The number of fused-ring (bicyclic) bond motifs is 1. The maximum absolute atomic E-state index is 6.81. The topological polar surface area (TPSA) is 46.2 Å². The van der Waals surface area contributed by atoms with Gasteiger partial charge >= 0.3 is 0 Å². The Bertz CT molecular complexity index is 462. The smallest absolute Gasteiger partial charge is 0.189 e. The van der Waals surface area contributed by atoms with Gasteiger partial charge in [0.15, 0.2) is 5.69 Å². The zero-order chi connectivity index (χ0) is 8.55. The fraction of sp³-hybridized carbons (Fsp3) is 0. The van der Waals surface area contributed by atoms with E-state index in [4.69, 9.17) is 12.3 Å². The zero-order valence-corrected chi connectivity index (χ0v) is 6.33. The number of nitrogens with zero attached hydrogens (tertiary/aromatic N) is 1. The summed E-state index contributed by atoms with van der Waals surface area (Å²) in [6.45, 7) is 6.81. The third kappa shape index (κ3) is 0.823. The molecule has 0 aliphatic carbocycles. The second-order valence-electron chi connectivity index (χ2n) is 2.59. The van der Waals surface area contributed by atoms with E-state index in [1.165, 1.54) is 0 Å². The minimum Gasteiger partial charge on any atom is -0.397 e. The number of nitrogens with one attached hydrogen (secondary N) is 1. The summed E-state index contributed by atoms with van der Waals surface area (Å²) in [6, 6.07) is 5.41. The van der Waals surface area contributed by atoms with Gasteiger partial charge in [-0.3, -0.25) is 0 Å². The molecule has 1 aromatic carbocycles. The molecule has 0 unspecified atom stereocenters. The summed E-state index contributed by atoms with van der Waals surface area (Å²) < 4.78 is 0. The molecule has 3 heteroatoms. The Morgan fingerprint density at radius 3 is 3.00 bits per heavy atom. The third-order valence-electron chi connectivity index (χ3n) is 1.83. The molecular weight excluding hydrogens is 150 g/mol. The van der Waals surface area contributed by atoms with Gasteiger partial charge in [-0.2, -0.15) is 0 Å². The van der Waals surface area contributed by atoms with Gasteiger partial charge < -0.3 is 10.7 Å².